The van der Waals surface area contributed by atoms with Crippen LogP contribution in [0, 0.1) is 5.82 Å². The fourth-order valence-electron chi connectivity index (χ4n) is 4.13. The third-order valence-corrected chi connectivity index (χ3v) is 5.88. The first-order valence-electron chi connectivity index (χ1n) is 11.0. The highest BCUT2D eigenvalue weighted by Gasteiger charge is 2.40. The number of rotatable bonds is 5. The molecule has 38 heavy (non-hydrogen) atoms. The van der Waals surface area contributed by atoms with Gasteiger partial charge in [-0.2, -0.15) is 26.3 Å². The maximum atomic E-state index is 14.6. The number of nitrogens with zero attached hydrogens (tertiary/aromatic N) is 3. The predicted molar refractivity (Wildman–Crippen MR) is 121 cm³/mol. The summed E-state index contributed by atoms with van der Waals surface area (Å²) in [6.45, 7) is -0.149. The van der Waals surface area contributed by atoms with Crippen molar-refractivity contribution >= 4 is 5.84 Å². The second kappa shape index (κ2) is 9.51. The summed E-state index contributed by atoms with van der Waals surface area (Å²) >= 11 is 0. The van der Waals surface area contributed by atoms with Crippen LogP contribution in [0.15, 0.2) is 89.1 Å². The van der Waals surface area contributed by atoms with Crippen LogP contribution in [-0.4, -0.2) is 15.7 Å². The number of alkyl halides is 6. The van der Waals surface area contributed by atoms with Gasteiger partial charge in [-0.3, -0.25) is 4.98 Å². The van der Waals surface area contributed by atoms with E-state index in [4.69, 9.17) is 9.25 Å². The van der Waals surface area contributed by atoms with Crippen LogP contribution >= 0.6 is 0 Å². The number of hydrogen-bond acceptors (Lipinski definition) is 5. The van der Waals surface area contributed by atoms with Crippen molar-refractivity contribution in [2.24, 2.45) is 5.16 Å². The van der Waals surface area contributed by atoms with Gasteiger partial charge in [0.05, 0.1) is 29.5 Å². The second-order valence-electron chi connectivity index (χ2n) is 8.36. The molecule has 5 rings (SSSR count). The molecule has 0 bridgehead atoms. The fourth-order valence-corrected chi connectivity index (χ4v) is 4.13. The summed E-state index contributed by atoms with van der Waals surface area (Å²) in [6.07, 6.45) is -6.08. The van der Waals surface area contributed by atoms with E-state index in [1.165, 1.54) is 48.0 Å². The Morgan fingerprint density at radius 1 is 0.868 bits per heavy atom. The van der Waals surface area contributed by atoms with Gasteiger partial charge in [-0.1, -0.05) is 23.4 Å². The lowest BCUT2D eigenvalue weighted by atomic mass is 9.99. The van der Waals surface area contributed by atoms with E-state index in [1.54, 1.807) is 18.2 Å². The van der Waals surface area contributed by atoms with Crippen molar-refractivity contribution < 1.29 is 40.0 Å². The minimum absolute atomic E-state index is 0.0397. The Morgan fingerprint density at radius 2 is 1.58 bits per heavy atom. The Morgan fingerprint density at radius 3 is 2.21 bits per heavy atom. The van der Waals surface area contributed by atoms with E-state index in [0.29, 0.717) is 28.8 Å². The SMILES string of the molecule is Fc1ccccc1-c1ccncc1CN1C(c2ccoc2)=NOC1c1cc(C(F)(F)F)cc(C(F)(F)F)c1. The molecule has 0 radical (unpaired) electrons. The summed E-state index contributed by atoms with van der Waals surface area (Å²) in [7, 11) is 0. The maximum Gasteiger partial charge on any atom is 0.416 e. The van der Waals surface area contributed by atoms with E-state index in [2.05, 4.69) is 10.1 Å². The molecule has 3 heterocycles. The van der Waals surface area contributed by atoms with Gasteiger partial charge in [-0.05, 0) is 47.5 Å². The summed E-state index contributed by atoms with van der Waals surface area (Å²) in [5.41, 5.74) is -1.95. The predicted octanol–water partition coefficient (Wildman–Crippen LogP) is 7.41. The average molecular weight is 535 g/mol. The molecule has 2 aromatic carbocycles. The summed E-state index contributed by atoms with van der Waals surface area (Å²) in [5, 5.41) is 3.94. The number of pyridine rings is 1. The molecule has 0 spiro atoms. The van der Waals surface area contributed by atoms with E-state index in [9.17, 15) is 30.7 Å². The molecular weight excluding hydrogens is 519 g/mol. The molecule has 2 aromatic heterocycles. The number of hydrogen-bond donors (Lipinski definition) is 0. The summed E-state index contributed by atoms with van der Waals surface area (Å²) in [4.78, 5) is 10.8. The highest BCUT2D eigenvalue weighted by Crippen LogP contribution is 2.41. The number of furan rings is 1. The molecule has 1 aliphatic rings. The molecule has 1 aliphatic heterocycles. The van der Waals surface area contributed by atoms with Crippen molar-refractivity contribution in [1.29, 1.82) is 0 Å². The van der Waals surface area contributed by atoms with E-state index in [0.717, 1.165) is 0 Å². The summed E-state index contributed by atoms with van der Waals surface area (Å²) < 4.78 is 101. The molecule has 5 nitrogen and oxygen atoms in total. The number of oxime groups is 1. The van der Waals surface area contributed by atoms with Crippen molar-refractivity contribution in [2.75, 3.05) is 0 Å². The van der Waals surface area contributed by atoms with Gasteiger partial charge in [-0.15, -0.1) is 0 Å². The quantitative estimate of drug-likeness (QED) is 0.250. The third-order valence-electron chi connectivity index (χ3n) is 5.88. The zero-order valence-corrected chi connectivity index (χ0v) is 19.1. The lowest BCUT2D eigenvalue weighted by molar-refractivity contribution is -0.143. The molecule has 0 N–H and O–H groups in total. The fraction of sp³-hybridized carbons (Fsp3) is 0.154. The molecule has 0 saturated heterocycles. The first-order valence-corrected chi connectivity index (χ1v) is 11.0. The molecule has 0 amide bonds. The normalized spacial score (nSPS) is 15.9. The van der Waals surface area contributed by atoms with Crippen LogP contribution in [0.5, 0.6) is 0 Å². The van der Waals surface area contributed by atoms with Gasteiger partial charge in [0.25, 0.3) is 0 Å². The van der Waals surface area contributed by atoms with E-state index in [1.807, 2.05) is 0 Å². The third kappa shape index (κ3) is 4.93. The van der Waals surface area contributed by atoms with Crippen molar-refractivity contribution in [3.8, 4) is 11.1 Å². The van der Waals surface area contributed by atoms with Crippen LogP contribution < -0.4 is 0 Å². The van der Waals surface area contributed by atoms with Crippen molar-refractivity contribution in [3.63, 3.8) is 0 Å². The lowest BCUT2D eigenvalue weighted by Crippen LogP contribution is -2.31. The number of halogens is 7. The van der Waals surface area contributed by atoms with Gasteiger partial charge in [0.2, 0.25) is 6.23 Å². The van der Waals surface area contributed by atoms with Gasteiger partial charge < -0.3 is 14.2 Å². The highest BCUT2D eigenvalue weighted by atomic mass is 19.4. The Hall–Kier alpha value is -4.35. The number of amidine groups is 1. The number of benzene rings is 2. The molecular formula is C26H16F7N3O2. The van der Waals surface area contributed by atoms with Crippen molar-refractivity contribution in [2.45, 2.75) is 25.1 Å². The smallest absolute Gasteiger partial charge is 0.416 e. The Balaban J connectivity index is 1.62. The Kier molecular flexibility index (Phi) is 6.33. The minimum Gasteiger partial charge on any atom is -0.472 e. The van der Waals surface area contributed by atoms with Gasteiger partial charge in [0.1, 0.15) is 12.1 Å². The van der Waals surface area contributed by atoms with Crippen molar-refractivity contribution in [1.82, 2.24) is 9.88 Å². The van der Waals surface area contributed by atoms with Gasteiger partial charge in [0.15, 0.2) is 5.84 Å². The Labute approximate surface area is 210 Å². The van der Waals surface area contributed by atoms with Gasteiger partial charge in [0, 0.05) is 23.5 Å². The molecule has 0 fully saturated rings. The van der Waals surface area contributed by atoms with E-state index < -0.39 is 41.1 Å². The van der Waals surface area contributed by atoms with Crippen LogP contribution in [-0.2, 0) is 23.7 Å². The largest absolute Gasteiger partial charge is 0.472 e. The van der Waals surface area contributed by atoms with Crippen LogP contribution in [0.3, 0.4) is 0 Å². The van der Waals surface area contributed by atoms with Crippen LogP contribution in [0.1, 0.15) is 34.0 Å². The van der Waals surface area contributed by atoms with Gasteiger partial charge in [-0.25, -0.2) is 4.39 Å². The zero-order valence-electron chi connectivity index (χ0n) is 19.1. The maximum absolute atomic E-state index is 14.6. The minimum atomic E-state index is -5.05. The topological polar surface area (TPSA) is 50.9 Å². The average Bonchev–Trinajstić information content (AvgIpc) is 3.54. The molecule has 12 heteroatoms. The summed E-state index contributed by atoms with van der Waals surface area (Å²) in [6, 6.07) is 10.2. The molecule has 196 valence electrons. The van der Waals surface area contributed by atoms with E-state index >= 15 is 0 Å². The van der Waals surface area contributed by atoms with Crippen LogP contribution in [0.4, 0.5) is 30.7 Å². The monoisotopic (exact) mass is 535 g/mol. The number of aromatic nitrogens is 1. The zero-order chi connectivity index (χ0) is 27.1. The van der Waals surface area contributed by atoms with Crippen LogP contribution in [0.2, 0.25) is 0 Å². The lowest BCUT2D eigenvalue weighted by Gasteiger charge is -2.27. The summed E-state index contributed by atoms with van der Waals surface area (Å²) in [5.74, 6) is -0.427. The molecule has 0 aliphatic carbocycles. The first-order chi connectivity index (χ1) is 18.0. The second-order valence-corrected chi connectivity index (χ2v) is 8.36. The van der Waals surface area contributed by atoms with Crippen molar-refractivity contribution in [3.05, 3.63) is 113 Å². The van der Waals surface area contributed by atoms with Crippen LogP contribution in [0.25, 0.3) is 11.1 Å². The van der Waals surface area contributed by atoms with Gasteiger partial charge >= 0.3 is 12.4 Å². The molecule has 4 aromatic rings. The molecule has 1 atom stereocenters. The standard InChI is InChI=1S/C26H16F7N3O2/c27-22-4-2-1-3-21(22)20-5-7-34-12-17(20)13-36-23(15-6-8-37-14-15)35-38-24(36)16-9-18(25(28,29)30)11-19(10-16)26(31,32)33/h1-12,14,24H,13H2. The molecule has 0 saturated carbocycles. The highest BCUT2D eigenvalue weighted by molar-refractivity contribution is 5.99. The Bertz CT molecular complexity index is 1450. The van der Waals surface area contributed by atoms with E-state index in [-0.39, 0.29) is 24.0 Å². The molecule has 1 unspecified atom stereocenters. The first kappa shape index (κ1) is 25.3.